The number of aromatic nitrogens is 2. The molecule has 1 N–H and O–H groups in total. The maximum atomic E-state index is 11.2. The van der Waals surface area contributed by atoms with Gasteiger partial charge in [-0.15, -0.1) is 0 Å². The second-order valence-electron chi connectivity index (χ2n) is 3.43. The highest BCUT2D eigenvalue weighted by Crippen LogP contribution is 2.15. The molecule has 0 bridgehead atoms. The summed E-state index contributed by atoms with van der Waals surface area (Å²) in [4.78, 5) is 11.2. The van der Waals surface area contributed by atoms with Crippen molar-refractivity contribution in [3.63, 3.8) is 0 Å². The summed E-state index contributed by atoms with van der Waals surface area (Å²) in [5, 5.41) is 2.98. The van der Waals surface area contributed by atoms with Crippen molar-refractivity contribution in [2.75, 3.05) is 0 Å². The van der Waals surface area contributed by atoms with Gasteiger partial charge in [0.25, 0.3) is 5.56 Å². The lowest BCUT2D eigenvalue weighted by Crippen LogP contribution is -2.09. The quantitative estimate of drug-likeness (QED) is 0.726. The van der Waals surface area contributed by atoms with Gasteiger partial charge >= 0.3 is 0 Å². The second kappa shape index (κ2) is 3.18. The fourth-order valence-corrected chi connectivity index (χ4v) is 1.37. The van der Waals surface area contributed by atoms with Crippen LogP contribution in [0, 0.1) is 6.92 Å². The lowest BCUT2D eigenvalue weighted by molar-refractivity contribution is 0.742. The average Bonchev–Trinajstić information content (AvgIpc) is 2.48. The van der Waals surface area contributed by atoms with Gasteiger partial charge in [-0.1, -0.05) is 29.8 Å². The van der Waals surface area contributed by atoms with Crippen LogP contribution >= 0.6 is 0 Å². The Bertz CT molecular complexity index is 491. The normalized spacial score (nSPS) is 10.4. The zero-order valence-electron chi connectivity index (χ0n) is 8.24. The molecule has 0 fully saturated rings. The number of nitrogens with zero attached hydrogens (tertiary/aromatic N) is 1. The Morgan fingerprint density at radius 1 is 1.21 bits per heavy atom. The maximum absolute atomic E-state index is 11.2. The Hall–Kier alpha value is -1.77. The Balaban J connectivity index is 2.49. The van der Waals surface area contributed by atoms with Gasteiger partial charge in [0.1, 0.15) is 0 Å². The minimum atomic E-state index is -0.0134. The van der Waals surface area contributed by atoms with Crippen LogP contribution in [0.25, 0.3) is 11.3 Å². The number of hydrogen-bond acceptors (Lipinski definition) is 1. The molecule has 72 valence electrons. The van der Waals surface area contributed by atoms with Gasteiger partial charge in [-0.25, -0.2) is 0 Å². The van der Waals surface area contributed by atoms with Crippen molar-refractivity contribution in [1.82, 2.24) is 9.78 Å². The monoisotopic (exact) mass is 188 g/mol. The van der Waals surface area contributed by atoms with Crippen LogP contribution in [0.1, 0.15) is 5.56 Å². The molecule has 0 aliphatic rings. The van der Waals surface area contributed by atoms with E-state index in [9.17, 15) is 4.79 Å². The van der Waals surface area contributed by atoms with E-state index >= 15 is 0 Å². The van der Waals surface area contributed by atoms with Crippen LogP contribution in [0.5, 0.6) is 0 Å². The third-order valence-corrected chi connectivity index (χ3v) is 2.25. The molecule has 3 heteroatoms. The van der Waals surface area contributed by atoms with Crippen LogP contribution in [-0.2, 0) is 7.05 Å². The van der Waals surface area contributed by atoms with Crippen LogP contribution in [0.15, 0.2) is 35.1 Å². The molecule has 2 rings (SSSR count). The molecular weight excluding hydrogens is 176 g/mol. The summed E-state index contributed by atoms with van der Waals surface area (Å²) in [6, 6.07) is 9.66. The molecule has 1 heterocycles. The number of aryl methyl sites for hydroxylation is 2. The second-order valence-corrected chi connectivity index (χ2v) is 3.43. The van der Waals surface area contributed by atoms with Gasteiger partial charge in [-0.2, -0.15) is 0 Å². The van der Waals surface area contributed by atoms with Gasteiger partial charge in [0, 0.05) is 13.1 Å². The number of hydrogen-bond donors (Lipinski definition) is 1. The molecule has 2 aromatic rings. The highest BCUT2D eigenvalue weighted by molar-refractivity contribution is 5.58. The molecule has 3 nitrogen and oxygen atoms in total. The number of nitrogens with one attached hydrogen (secondary N) is 1. The first kappa shape index (κ1) is 8.81. The number of rotatable bonds is 1. The summed E-state index contributed by atoms with van der Waals surface area (Å²) in [5.74, 6) is 0. The fourth-order valence-electron chi connectivity index (χ4n) is 1.37. The van der Waals surface area contributed by atoms with Gasteiger partial charge in [0.05, 0.1) is 5.69 Å². The van der Waals surface area contributed by atoms with Crippen molar-refractivity contribution >= 4 is 0 Å². The van der Waals surface area contributed by atoms with Gasteiger partial charge in [-0.3, -0.25) is 14.6 Å². The Labute approximate surface area is 82.0 Å². The zero-order valence-corrected chi connectivity index (χ0v) is 8.24. The first-order valence-electron chi connectivity index (χ1n) is 4.50. The first-order chi connectivity index (χ1) is 6.66. The molecule has 0 radical (unpaired) electrons. The van der Waals surface area contributed by atoms with E-state index in [2.05, 4.69) is 5.10 Å². The molecule has 0 aliphatic heterocycles. The van der Waals surface area contributed by atoms with E-state index in [1.54, 1.807) is 13.1 Å². The van der Waals surface area contributed by atoms with Gasteiger partial charge in [0.15, 0.2) is 0 Å². The number of benzene rings is 1. The predicted molar refractivity (Wildman–Crippen MR) is 56.2 cm³/mol. The highest BCUT2D eigenvalue weighted by Gasteiger charge is 2.01. The van der Waals surface area contributed by atoms with E-state index in [1.807, 2.05) is 31.2 Å². The van der Waals surface area contributed by atoms with Crippen molar-refractivity contribution in [3.8, 4) is 11.3 Å². The van der Waals surface area contributed by atoms with Crippen molar-refractivity contribution < 1.29 is 0 Å². The number of H-pyrrole nitrogens is 1. The molecule has 0 unspecified atom stereocenters. The lowest BCUT2D eigenvalue weighted by atomic mass is 10.1. The van der Waals surface area contributed by atoms with Gasteiger partial charge in [0.2, 0.25) is 0 Å². The molecule has 1 aromatic carbocycles. The Morgan fingerprint density at radius 2 is 1.86 bits per heavy atom. The summed E-state index contributed by atoms with van der Waals surface area (Å²) < 4.78 is 1.47. The van der Waals surface area contributed by atoms with Crippen LogP contribution in [0.3, 0.4) is 0 Å². The molecule has 0 amide bonds. The maximum Gasteiger partial charge on any atom is 0.266 e. The van der Waals surface area contributed by atoms with E-state index in [1.165, 1.54) is 10.2 Å². The summed E-state index contributed by atoms with van der Waals surface area (Å²) in [7, 11) is 1.71. The largest absolute Gasteiger partial charge is 0.295 e. The third-order valence-electron chi connectivity index (χ3n) is 2.25. The molecule has 14 heavy (non-hydrogen) atoms. The van der Waals surface area contributed by atoms with Crippen LogP contribution < -0.4 is 5.56 Å². The molecule has 0 aliphatic carbocycles. The smallest absolute Gasteiger partial charge is 0.266 e. The standard InChI is InChI=1S/C11H12N2O/c1-8-3-5-9(6-4-8)10-7-11(14)13(2)12-10/h3-7,12H,1-2H3. The summed E-state index contributed by atoms with van der Waals surface area (Å²) in [6.07, 6.45) is 0. The Kier molecular flexibility index (Phi) is 2.00. The van der Waals surface area contributed by atoms with Crippen molar-refractivity contribution in [3.05, 3.63) is 46.2 Å². The SMILES string of the molecule is Cc1ccc(-c2cc(=O)n(C)[nH]2)cc1. The van der Waals surface area contributed by atoms with E-state index in [0.717, 1.165) is 11.3 Å². The molecule has 1 aromatic heterocycles. The minimum Gasteiger partial charge on any atom is -0.295 e. The summed E-state index contributed by atoms with van der Waals surface area (Å²) in [5.41, 5.74) is 3.10. The average molecular weight is 188 g/mol. The van der Waals surface area contributed by atoms with Gasteiger partial charge in [-0.05, 0) is 12.5 Å². The van der Waals surface area contributed by atoms with E-state index < -0.39 is 0 Å². The van der Waals surface area contributed by atoms with Crippen LogP contribution in [-0.4, -0.2) is 9.78 Å². The van der Waals surface area contributed by atoms with Gasteiger partial charge < -0.3 is 0 Å². The molecule has 0 saturated carbocycles. The van der Waals surface area contributed by atoms with Crippen molar-refractivity contribution in [2.45, 2.75) is 6.92 Å². The lowest BCUT2D eigenvalue weighted by Gasteiger charge is -1.97. The van der Waals surface area contributed by atoms with E-state index in [-0.39, 0.29) is 5.56 Å². The fraction of sp³-hybridized carbons (Fsp3) is 0.182. The van der Waals surface area contributed by atoms with E-state index in [0.29, 0.717) is 0 Å². The third kappa shape index (κ3) is 1.48. The first-order valence-corrected chi connectivity index (χ1v) is 4.50. The zero-order chi connectivity index (χ0) is 10.1. The van der Waals surface area contributed by atoms with Crippen LogP contribution in [0.4, 0.5) is 0 Å². The minimum absolute atomic E-state index is 0.0134. The summed E-state index contributed by atoms with van der Waals surface area (Å²) in [6.45, 7) is 2.04. The molecule has 0 atom stereocenters. The topological polar surface area (TPSA) is 37.8 Å². The highest BCUT2D eigenvalue weighted by atomic mass is 16.1. The predicted octanol–water partition coefficient (Wildman–Crippen LogP) is 1.69. The summed E-state index contributed by atoms with van der Waals surface area (Å²) >= 11 is 0. The van der Waals surface area contributed by atoms with E-state index in [4.69, 9.17) is 0 Å². The van der Waals surface area contributed by atoms with Crippen LogP contribution in [0.2, 0.25) is 0 Å². The molecular formula is C11H12N2O. The number of aromatic amines is 1. The molecule has 0 saturated heterocycles. The van der Waals surface area contributed by atoms with Crippen molar-refractivity contribution in [2.24, 2.45) is 7.05 Å². The molecule has 0 spiro atoms. The van der Waals surface area contributed by atoms with Crippen molar-refractivity contribution in [1.29, 1.82) is 0 Å². The Morgan fingerprint density at radius 3 is 2.36 bits per heavy atom.